The van der Waals surface area contributed by atoms with E-state index in [1.54, 1.807) is 6.07 Å². The number of thioether (sulfide) groups is 1. The van der Waals surface area contributed by atoms with E-state index < -0.39 is 4.92 Å². The summed E-state index contributed by atoms with van der Waals surface area (Å²) in [7, 11) is 0. The number of benzene rings is 2. The second kappa shape index (κ2) is 9.57. The minimum atomic E-state index is -0.492. The topological polar surface area (TPSA) is 101 Å². The molecule has 2 amide bonds. The number of nitro groups is 1. The normalized spacial score (nSPS) is 10.2. The van der Waals surface area contributed by atoms with E-state index in [1.165, 1.54) is 36.0 Å². The molecule has 7 nitrogen and oxygen atoms in total. The largest absolute Gasteiger partial charge is 0.326 e. The van der Waals surface area contributed by atoms with Crippen molar-refractivity contribution >= 4 is 40.6 Å². The molecule has 0 aromatic heterocycles. The predicted octanol–water partition coefficient (Wildman–Crippen LogP) is 4.06. The third kappa shape index (κ3) is 6.21. The lowest BCUT2D eigenvalue weighted by molar-refractivity contribution is -0.384. The van der Waals surface area contributed by atoms with Crippen molar-refractivity contribution in [2.45, 2.75) is 24.7 Å². The van der Waals surface area contributed by atoms with Crippen LogP contribution >= 0.6 is 11.8 Å². The van der Waals surface area contributed by atoms with Gasteiger partial charge in [-0.05, 0) is 36.8 Å². The molecule has 136 valence electrons. The van der Waals surface area contributed by atoms with Crippen LogP contribution in [-0.2, 0) is 9.59 Å². The van der Waals surface area contributed by atoms with E-state index in [4.69, 9.17) is 0 Å². The summed E-state index contributed by atoms with van der Waals surface area (Å²) in [5.41, 5.74) is 1.17. The van der Waals surface area contributed by atoms with Gasteiger partial charge in [-0.1, -0.05) is 13.0 Å². The highest BCUT2D eigenvalue weighted by molar-refractivity contribution is 8.00. The third-order valence-corrected chi connectivity index (χ3v) is 4.32. The molecular formula is C18H19N3O4S. The first kappa shape index (κ1) is 19.5. The second-order valence-corrected chi connectivity index (χ2v) is 6.52. The smallest absolute Gasteiger partial charge is 0.269 e. The van der Waals surface area contributed by atoms with Gasteiger partial charge in [-0.15, -0.1) is 11.8 Å². The summed E-state index contributed by atoms with van der Waals surface area (Å²) in [5, 5.41) is 16.1. The molecule has 0 aliphatic rings. The maximum atomic E-state index is 12.0. The van der Waals surface area contributed by atoms with Gasteiger partial charge in [0.2, 0.25) is 11.8 Å². The molecule has 0 bridgehead atoms. The van der Waals surface area contributed by atoms with Crippen LogP contribution in [0, 0.1) is 10.1 Å². The molecule has 0 saturated carbocycles. The Labute approximate surface area is 155 Å². The molecule has 0 unspecified atom stereocenters. The summed E-state index contributed by atoms with van der Waals surface area (Å²) in [6.07, 6.45) is 1.25. The summed E-state index contributed by atoms with van der Waals surface area (Å²) >= 11 is 1.34. The SMILES string of the molecule is CCCC(=O)Nc1cccc(SCC(=O)Nc2ccc([N+](=O)[O-])cc2)c1. The van der Waals surface area contributed by atoms with Crippen molar-refractivity contribution in [1.82, 2.24) is 0 Å². The van der Waals surface area contributed by atoms with E-state index in [9.17, 15) is 19.7 Å². The molecule has 0 aliphatic heterocycles. The highest BCUT2D eigenvalue weighted by atomic mass is 32.2. The molecule has 2 aromatic carbocycles. The number of carbonyl (C=O) groups is 2. The number of nitro benzene ring substituents is 1. The van der Waals surface area contributed by atoms with Crippen LogP contribution in [-0.4, -0.2) is 22.5 Å². The quantitative estimate of drug-likeness (QED) is 0.413. The standard InChI is InChI=1S/C18H19N3O4S/c1-2-4-17(22)20-14-5-3-6-16(11-14)26-12-18(23)19-13-7-9-15(10-8-13)21(24)25/h3,5-11H,2,4,12H2,1H3,(H,19,23)(H,20,22). The molecular weight excluding hydrogens is 354 g/mol. The monoisotopic (exact) mass is 373 g/mol. The van der Waals surface area contributed by atoms with Crippen molar-refractivity contribution in [3.05, 3.63) is 58.6 Å². The van der Waals surface area contributed by atoms with Gasteiger partial charge < -0.3 is 10.6 Å². The Bertz CT molecular complexity index is 793. The first-order valence-corrected chi connectivity index (χ1v) is 9.03. The summed E-state index contributed by atoms with van der Waals surface area (Å²) < 4.78 is 0. The molecule has 0 fully saturated rings. The van der Waals surface area contributed by atoms with Crippen LogP contribution in [0.15, 0.2) is 53.4 Å². The van der Waals surface area contributed by atoms with Crippen LogP contribution in [0.1, 0.15) is 19.8 Å². The summed E-state index contributed by atoms with van der Waals surface area (Å²) in [4.78, 5) is 34.6. The summed E-state index contributed by atoms with van der Waals surface area (Å²) in [5.74, 6) is -0.0709. The van der Waals surface area contributed by atoms with Crippen molar-refractivity contribution in [3.63, 3.8) is 0 Å². The minimum Gasteiger partial charge on any atom is -0.326 e. The third-order valence-electron chi connectivity index (χ3n) is 3.33. The minimum absolute atomic E-state index is 0.0284. The number of amides is 2. The highest BCUT2D eigenvalue weighted by Crippen LogP contribution is 2.22. The van der Waals surface area contributed by atoms with Crippen LogP contribution in [0.5, 0.6) is 0 Å². The molecule has 0 spiro atoms. The molecule has 0 heterocycles. The van der Waals surface area contributed by atoms with Crippen LogP contribution in [0.25, 0.3) is 0 Å². The first-order chi connectivity index (χ1) is 12.5. The summed E-state index contributed by atoms with van der Waals surface area (Å²) in [6, 6.07) is 13.0. The Morgan fingerprint density at radius 2 is 1.73 bits per heavy atom. The molecule has 26 heavy (non-hydrogen) atoms. The van der Waals surface area contributed by atoms with Crippen molar-refractivity contribution in [2.75, 3.05) is 16.4 Å². The van der Waals surface area contributed by atoms with Gasteiger partial charge in [0, 0.05) is 34.8 Å². The van der Waals surface area contributed by atoms with Crippen LogP contribution in [0.3, 0.4) is 0 Å². The van der Waals surface area contributed by atoms with E-state index in [2.05, 4.69) is 10.6 Å². The number of hydrogen-bond acceptors (Lipinski definition) is 5. The summed E-state index contributed by atoms with van der Waals surface area (Å²) in [6.45, 7) is 1.94. The first-order valence-electron chi connectivity index (χ1n) is 8.05. The maximum absolute atomic E-state index is 12.0. The predicted molar refractivity (Wildman–Crippen MR) is 102 cm³/mol. The number of nitrogens with zero attached hydrogens (tertiary/aromatic N) is 1. The van der Waals surface area contributed by atoms with E-state index in [0.29, 0.717) is 17.8 Å². The zero-order valence-corrected chi connectivity index (χ0v) is 15.0. The Hall–Kier alpha value is -2.87. The number of rotatable bonds is 8. The zero-order chi connectivity index (χ0) is 18.9. The van der Waals surface area contributed by atoms with Gasteiger partial charge in [-0.25, -0.2) is 0 Å². The maximum Gasteiger partial charge on any atom is 0.269 e. The fourth-order valence-corrected chi connectivity index (χ4v) is 2.88. The molecule has 2 N–H and O–H groups in total. The average molecular weight is 373 g/mol. The molecule has 2 rings (SSSR count). The van der Waals surface area contributed by atoms with Crippen molar-refractivity contribution in [2.24, 2.45) is 0 Å². The molecule has 0 aliphatic carbocycles. The van der Waals surface area contributed by atoms with Gasteiger partial charge in [-0.2, -0.15) is 0 Å². The average Bonchev–Trinajstić information content (AvgIpc) is 2.61. The zero-order valence-electron chi connectivity index (χ0n) is 14.2. The number of anilines is 2. The van der Waals surface area contributed by atoms with E-state index >= 15 is 0 Å². The van der Waals surface area contributed by atoms with Gasteiger partial charge in [0.1, 0.15) is 0 Å². The number of nitrogens with one attached hydrogen (secondary N) is 2. The second-order valence-electron chi connectivity index (χ2n) is 5.47. The van der Waals surface area contributed by atoms with Crippen LogP contribution in [0.2, 0.25) is 0 Å². The van der Waals surface area contributed by atoms with Crippen molar-refractivity contribution < 1.29 is 14.5 Å². The van der Waals surface area contributed by atoms with Crippen LogP contribution in [0.4, 0.5) is 17.1 Å². The number of hydrogen-bond donors (Lipinski definition) is 2. The van der Waals surface area contributed by atoms with Gasteiger partial charge in [-0.3, -0.25) is 19.7 Å². The Morgan fingerprint density at radius 1 is 1.04 bits per heavy atom. The lowest BCUT2D eigenvalue weighted by Crippen LogP contribution is -2.14. The number of non-ortho nitro benzene ring substituents is 1. The Balaban J connectivity index is 1.86. The van der Waals surface area contributed by atoms with E-state index in [1.807, 2.05) is 25.1 Å². The van der Waals surface area contributed by atoms with Gasteiger partial charge >= 0.3 is 0 Å². The van der Waals surface area contributed by atoms with Gasteiger partial charge in [0.25, 0.3) is 5.69 Å². The molecule has 0 radical (unpaired) electrons. The highest BCUT2D eigenvalue weighted by Gasteiger charge is 2.08. The van der Waals surface area contributed by atoms with Crippen molar-refractivity contribution in [1.29, 1.82) is 0 Å². The molecule has 0 atom stereocenters. The molecule has 8 heteroatoms. The molecule has 0 saturated heterocycles. The van der Waals surface area contributed by atoms with E-state index in [-0.39, 0.29) is 23.3 Å². The van der Waals surface area contributed by atoms with Crippen molar-refractivity contribution in [3.8, 4) is 0 Å². The lowest BCUT2D eigenvalue weighted by atomic mass is 10.3. The fraction of sp³-hybridized carbons (Fsp3) is 0.222. The fourth-order valence-electron chi connectivity index (χ4n) is 2.13. The Morgan fingerprint density at radius 3 is 2.38 bits per heavy atom. The van der Waals surface area contributed by atoms with Crippen LogP contribution < -0.4 is 10.6 Å². The Kier molecular flexibility index (Phi) is 7.16. The van der Waals surface area contributed by atoms with Gasteiger partial charge in [0.05, 0.1) is 10.7 Å². The number of carbonyl (C=O) groups excluding carboxylic acids is 2. The molecule has 2 aromatic rings. The van der Waals surface area contributed by atoms with Gasteiger partial charge in [0.15, 0.2) is 0 Å². The van der Waals surface area contributed by atoms with E-state index in [0.717, 1.165) is 11.3 Å². The lowest BCUT2D eigenvalue weighted by Gasteiger charge is -2.08.